The van der Waals surface area contributed by atoms with Crippen molar-refractivity contribution < 1.29 is 30.7 Å². The normalized spacial score (nSPS) is 11.2. The molecule has 0 spiro atoms. The lowest BCUT2D eigenvalue weighted by Crippen LogP contribution is -2.13. The number of halogens is 4. The van der Waals surface area contributed by atoms with E-state index in [2.05, 4.69) is 10.9 Å². The first-order valence-electron chi connectivity index (χ1n) is 9.75. The van der Waals surface area contributed by atoms with Gasteiger partial charge in [0.2, 0.25) is 5.88 Å². The highest BCUT2D eigenvalue weighted by molar-refractivity contribution is 7.90. The first-order chi connectivity index (χ1) is 15.5. The fourth-order valence-electron chi connectivity index (χ4n) is 2.93. The number of hydrogen-bond acceptors (Lipinski definition) is 4. The molecule has 9 heteroatoms. The molecule has 0 radical (unpaired) electrons. The van der Waals surface area contributed by atoms with Crippen molar-refractivity contribution in [1.82, 2.24) is 4.98 Å². The molecule has 0 amide bonds. The molecule has 33 heavy (non-hydrogen) atoms. The van der Waals surface area contributed by atoms with Crippen LogP contribution in [0, 0.1) is 18.2 Å². The number of aromatic nitrogens is 1. The molecule has 0 fully saturated rings. The number of nitrogens with zero attached hydrogens (tertiary/aromatic N) is 1. The maximum atomic E-state index is 13.9. The Bertz CT molecular complexity index is 1250. The third kappa shape index (κ3) is 6.33. The van der Waals surface area contributed by atoms with Crippen LogP contribution in [-0.4, -0.2) is 26.3 Å². The van der Waals surface area contributed by atoms with Gasteiger partial charge in [0.05, 0.1) is 4.90 Å². The van der Waals surface area contributed by atoms with E-state index >= 15 is 0 Å². The maximum absolute atomic E-state index is 13.9. The van der Waals surface area contributed by atoms with E-state index in [0.29, 0.717) is 0 Å². The first kappa shape index (κ1) is 25.9. The van der Waals surface area contributed by atoms with Crippen molar-refractivity contribution in [1.29, 1.82) is 0 Å². The van der Waals surface area contributed by atoms with Gasteiger partial charge < -0.3 is 4.74 Å². The van der Waals surface area contributed by atoms with E-state index in [1.165, 1.54) is 42.5 Å². The molecule has 2 aromatic carbocycles. The monoisotopic (exact) mass is 479 g/mol. The van der Waals surface area contributed by atoms with Crippen LogP contribution in [0.15, 0.2) is 59.5 Å². The number of hydrogen-bond donors (Lipinski definition) is 0. The van der Waals surface area contributed by atoms with Gasteiger partial charge in [-0.3, -0.25) is 0 Å². The lowest BCUT2D eigenvalue weighted by molar-refractivity contribution is -0.140. The maximum Gasteiger partial charge on any atom is 0.434 e. The second-order valence-corrected chi connectivity index (χ2v) is 8.54. The topological polar surface area (TPSA) is 56.3 Å². The average molecular weight is 479 g/mol. The SMILES string of the molecule is C#CCOc1cc(-c2ccc(S(C)(=O)=O)cc2)c(-c2ccc(F)cc2)c(C(F)(F)F)n1.CC. The summed E-state index contributed by atoms with van der Waals surface area (Å²) in [6.07, 6.45) is 1.28. The Morgan fingerprint density at radius 2 is 1.55 bits per heavy atom. The summed E-state index contributed by atoms with van der Waals surface area (Å²) in [6.45, 7) is 3.70. The molecule has 0 atom stereocenters. The Morgan fingerprint density at radius 3 is 2.03 bits per heavy atom. The van der Waals surface area contributed by atoms with Gasteiger partial charge in [0.15, 0.2) is 22.1 Å². The summed E-state index contributed by atoms with van der Waals surface area (Å²) in [4.78, 5) is 3.60. The zero-order valence-corrected chi connectivity index (χ0v) is 18.9. The molecule has 0 saturated heterocycles. The molecule has 0 saturated carbocycles. The van der Waals surface area contributed by atoms with Gasteiger partial charge in [0.25, 0.3) is 0 Å². The van der Waals surface area contributed by atoms with Crippen LogP contribution < -0.4 is 4.74 Å². The van der Waals surface area contributed by atoms with Crippen molar-refractivity contribution in [2.75, 3.05) is 12.9 Å². The Hall–Kier alpha value is -3.38. The van der Waals surface area contributed by atoms with Crippen LogP contribution in [0.3, 0.4) is 0 Å². The zero-order valence-electron chi connectivity index (χ0n) is 18.1. The van der Waals surface area contributed by atoms with E-state index in [9.17, 15) is 26.0 Å². The molecule has 3 aromatic rings. The van der Waals surface area contributed by atoms with E-state index in [-0.39, 0.29) is 39.6 Å². The molecule has 0 N–H and O–H groups in total. The van der Waals surface area contributed by atoms with Gasteiger partial charge in [-0.25, -0.2) is 17.8 Å². The zero-order chi connectivity index (χ0) is 24.8. The number of rotatable bonds is 5. The lowest BCUT2D eigenvalue weighted by atomic mass is 9.93. The van der Waals surface area contributed by atoms with Gasteiger partial charge in [-0.2, -0.15) is 13.2 Å². The van der Waals surface area contributed by atoms with E-state index < -0.39 is 27.5 Å². The van der Waals surface area contributed by atoms with Crippen molar-refractivity contribution in [3.05, 3.63) is 66.1 Å². The molecule has 1 aromatic heterocycles. The minimum Gasteiger partial charge on any atom is -0.464 e. The fourth-order valence-corrected chi connectivity index (χ4v) is 3.56. The van der Waals surface area contributed by atoms with E-state index in [0.717, 1.165) is 18.4 Å². The molecule has 3 rings (SSSR count). The largest absolute Gasteiger partial charge is 0.464 e. The van der Waals surface area contributed by atoms with Gasteiger partial charge in [0, 0.05) is 17.9 Å². The number of benzene rings is 2. The molecule has 4 nitrogen and oxygen atoms in total. The third-order valence-corrected chi connectivity index (χ3v) is 5.42. The average Bonchev–Trinajstić information content (AvgIpc) is 2.78. The molecular formula is C24H21F4NO3S. The van der Waals surface area contributed by atoms with Crippen LogP contribution in [-0.2, 0) is 16.0 Å². The molecular weight excluding hydrogens is 458 g/mol. The molecule has 0 unspecified atom stereocenters. The van der Waals surface area contributed by atoms with Crippen molar-refractivity contribution in [2.45, 2.75) is 24.9 Å². The quantitative estimate of drug-likeness (QED) is 0.332. The van der Waals surface area contributed by atoms with E-state index in [1.807, 2.05) is 13.8 Å². The predicted octanol–water partition coefficient (Wildman–Crippen LogP) is 6.02. The Morgan fingerprint density at radius 1 is 1.00 bits per heavy atom. The highest BCUT2D eigenvalue weighted by Gasteiger charge is 2.38. The van der Waals surface area contributed by atoms with Crippen LogP contribution >= 0.6 is 0 Å². The lowest BCUT2D eigenvalue weighted by Gasteiger charge is -2.18. The predicted molar refractivity (Wildman–Crippen MR) is 119 cm³/mol. The Balaban J connectivity index is 0.00000187. The van der Waals surface area contributed by atoms with E-state index in [1.54, 1.807) is 0 Å². The molecule has 174 valence electrons. The minimum atomic E-state index is -4.86. The minimum absolute atomic E-state index is 0.00786. The number of pyridine rings is 1. The van der Waals surface area contributed by atoms with Crippen LogP contribution in [0.25, 0.3) is 22.3 Å². The summed E-state index contributed by atoms with van der Waals surface area (Å²) in [5.74, 6) is 1.20. The molecule has 0 aliphatic heterocycles. The number of terminal acetylenes is 1. The summed E-state index contributed by atoms with van der Waals surface area (Å²) in [5, 5.41) is 0. The Kier molecular flexibility index (Phi) is 8.23. The number of sulfone groups is 1. The summed E-state index contributed by atoms with van der Waals surface area (Å²) >= 11 is 0. The van der Waals surface area contributed by atoms with Crippen molar-refractivity contribution >= 4 is 9.84 Å². The standard InChI is InChI=1S/C22H15F4NO3S.C2H6/c1-3-12-30-19-13-18(14-6-10-17(11-7-14)31(2,28)29)20(21(27-19)22(24,25)26)15-4-8-16(23)9-5-15;1-2/h1,4-11,13H,12H2,2H3;1-2H3. The van der Waals surface area contributed by atoms with Crippen LogP contribution in [0.1, 0.15) is 19.5 Å². The van der Waals surface area contributed by atoms with Crippen molar-refractivity contribution in [2.24, 2.45) is 0 Å². The summed E-state index contributed by atoms with van der Waals surface area (Å²) in [5.41, 5.74) is -1.11. The van der Waals surface area contributed by atoms with Crippen LogP contribution in [0.2, 0.25) is 0 Å². The van der Waals surface area contributed by atoms with Crippen LogP contribution in [0.5, 0.6) is 5.88 Å². The third-order valence-electron chi connectivity index (χ3n) is 4.29. The summed E-state index contributed by atoms with van der Waals surface area (Å²) in [7, 11) is -3.50. The van der Waals surface area contributed by atoms with Gasteiger partial charge in [0.1, 0.15) is 5.82 Å². The summed E-state index contributed by atoms with van der Waals surface area (Å²) < 4.78 is 83.7. The van der Waals surface area contributed by atoms with Crippen LogP contribution in [0.4, 0.5) is 17.6 Å². The second kappa shape index (κ2) is 10.5. The van der Waals surface area contributed by atoms with Gasteiger partial charge in [-0.15, -0.1) is 6.42 Å². The number of ether oxygens (including phenoxy) is 1. The van der Waals surface area contributed by atoms with Gasteiger partial charge in [-0.05, 0) is 41.0 Å². The smallest absolute Gasteiger partial charge is 0.434 e. The van der Waals surface area contributed by atoms with Gasteiger partial charge in [-0.1, -0.05) is 44.0 Å². The molecule has 0 aliphatic carbocycles. The highest BCUT2D eigenvalue weighted by atomic mass is 32.2. The van der Waals surface area contributed by atoms with Gasteiger partial charge >= 0.3 is 6.18 Å². The first-order valence-corrected chi connectivity index (χ1v) is 11.6. The molecule has 1 heterocycles. The Labute approximate surface area is 190 Å². The number of alkyl halides is 3. The van der Waals surface area contributed by atoms with Crippen molar-refractivity contribution in [3.8, 4) is 40.5 Å². The summed E-state index contributed by atoms with van der Waals surface area (Å²) in [6, 6.07) is 11.1. The fraction of sp³-hybridized carbons (Fsp3) is 0.208. The molecule has 0 aliphatic rings. The second-order valence-electron chi connectivity index (χ2n) is 6.53. The van der Waals surface area contributed by atoms with Crippen molar-refractivity contribution in [3.63, 3.8) is 0 Å². The highest BCUT2D eigenvalue weighted by Crippen LogP contribution is 2.43. The molecule has 0 bridgehead atoms. The van der Waals surface area contributed by atoms with E-state index in [4.69, 9.17) is 11.2 Å².